The van der Waals surface area contributed by atoms with Gasteiger partial charge in [-0.2, -0.15) is 15.0 Å². The molecule has 0 amide bonds. The summed E-state index contributed by atoms with van der Waals surface area (Å²) in [6.07, 6.45) is 0. The molecule has 0 aromatic carbocycles. The van der Waals surface area contributed by atoms with Crippen molar-refractivity contribution < 1.29 is 9.53 Å². The largest absolute Gasteiger partial charge is 0.461 e. The summed E-state index contributed by atoms with van der Waals surface area (Å²) in [4.78, 5) is 11.7. The number of ether oxygens (including phenoxy) is 1. The maximum absolute atomic E-state index is 11.7. The molecule has 9 heteroatoms. The number of hydrogen-bond acceptors (Lipinski definition) is 7. The molecular formula is C11H9ClN6O2. The Morgan fingerprint density at radius 1 is 1.55 bits per heavy atom. The summed E-state index contributed by atoms with van der Waals surface area (Å²) in [7, 11) is 0. The van der Waals surface area contributed by atoms with E-state index in [1.165, 1.54) is 12.1 Å². The Kier molecular flexibility index (Phi) is 3.81. The molecule has 102 valence electrons. The highest BCUT2D eigenvalue weighted by molar-refractivity contribution is 6.29. The molecule has 0 bridgehead atoms. The van der Waals surface area contributed by atoms with Crippen molar-refractivity contribution in [3.05, 3.63) is 28.5 Å². The molecule has 8 nitrogen and oxygen atoms in total. The van der Waals surface area contributed by atoms with Gasteiger partial charge in [-0.1, -0.05) is 11.6 Å². The lowest BCUT2D eigenvalue weighted by molar-refractivity contribution is 0.0518. The number of anilines is 1. The average molecular weight is 293 g/mol. The first-order valence-electron chi connectivity index (χ1n) is 5.53. The Balaban J connectivity index is 2.53. The van der Waals surface area contributed by atoms with Crippen molar-refractivity contribution in [2.24, 2.45) is 0 Å². The van der Waals surface area contributed by atoms with Gasteiger partial charge in [0.05, 0.1) is 6.61 Å². The number of nitrogens with zero attached hydrogens (tertiary/aromatic N) is 5. The molecule has 0 aliphatic heterocycles. The van der Waals surface area contributed by atoms with Crippen molar-refractivity contribution in [2.75, 3.05) is 12.3 Å². The van der Waals surface area contributed by atoms with Gasteiger partial charge in [0.25, 0.3) is 0 Å². The quantitative estimate of drug-likeness (QED) is 0.836. The van der Waals surface area contributed by atoms with Crippen LogP contribution >= 0.6 is 11.6 Å². The van der Waals surface area contributed by atoms with Crippen LogP contribution in [0.1, 0.15) is 23.0 Å². The summed E-state index contributed by atoms with van der Waals surface area (Å²) in [5.74, 6) is -0.512. The first kappa shape index (κ1) is 13.8. The number of halogens is 1. The van der Waals surface area contributed by atoms with Crippen LogP contribution in [0.15, 0.2) is 12.1 Å². The van der Waals surface area contributed by atoms with Crippen LogP contribution in [0.5, 0.6) is 0 Å². The molecule has 2 rings (SSSR count). The van der Waals surface area contributed by atoms with E-state index in [0.29, 0.717) is 0 Å². The van der Waals surface area contributed by atoms with Crippen molar-refractivity contribution >= 4 is 23.4 Å². The first-order chi connectivity index (χ1) is 9.58. The second-order valence-corrected chi connectivity index (χ2v) is 3.95. The van der Waals surface area contributed by atoms with Crippen LogP contribution in [-0.4, -0.2) is 32.6 Å². The molecular weight excluding hydrogens is 284 g/mol. The third-order valence-electron chi connectivity index (χ3n) is 2.34. The highest BCUT2D eigenvalue weighted by Gasteiger charge is 2.23. The zero-order chi connectivity index (χ0) is 14.7. The second-order valence-electron chi connectivity index (χ2n) is 3.57. The fourth-order valence-corrected chi connectivity index (χ4v) is 1.58. The van der Waals surface area contributed by atoms with Crippen LogP contribution in [0.3, 0.4) is 0 Å². The van der Waals surface area contributed by atoms with Crippen molar-refractivity contribution in [3.8, 4) is 11.9 Å². The van der Waals surface area contributed by atoms with Crippen LogP contribution in [0.25, 0.3) is 5.82 Å². The molecule has 0 aliphatic rings. The molecule has 0 unspecified atom stereocenters. The minimum atomic E-state index is -0.726. The summed E-state index contributed by atoms with van der Waals surface area (Å²) < 4.78 is 5.95. The van der Waals surface area contributed by atoms with Gasteiger partial charge < -0.3 is 10.5 Å². The van der Waals surface area contributed by atoms with Gasteiger partial charge in [-0.05, 0) is 19.1 Å². The van der Waals surface area contributed by atoms with Gasteiger partial charge in [0.2, 0.25) is 0 Å². The number of hydrogen-bond donors (Lipinski definition) is 1. The van der Waals surface area contributed by atoms with Crippen LogP contribution in [-0.2, 0) is 4.74 Å². The van der Waals surface area contributed by atoms with Crippen LogP contribution in [0, 0.1) is 11.3 Å². The van der Waals surface area contributed by atoms with E-state index in [4.69, 9.17) is 27.3 Å². The van der Waals surface area contributed by atoms with Crippen molar-refractivity contribution in [3.63, 3.8) is 0 Å². The summed E-state index contributed by atoms with van der Waals surface area (Å²) in [6.45, 7) is 1.81. The lowest BCUT2D eigenvalue weighted by Crippen LogP contribution is -2.08. The van der Waals surface area contributed by atoms with Gasteiger partial charge in [0.1, 0.15) is 17.5 Å². The molecule has 2 aromatic heterocycles. The molecule has 0 spiro atoms. The van der Waals surface area contributed by atoms with E-state index in [1.54, 1.807) is 6.92 Å². The number of carbonyl (C=O) groups excluding carboxylic acids is 1. The maximum atomic E-state index is 11.7. The number of rotatable bonds is 3. The molecule has 0 fully saturated rings. The second kappa shape index (κ2) is 5.54. The van der Waals surface area contributed by atoms with Crippen LogP contribution in [0.4, 0.5) is 5.82 Å². The average Bonchev–Trinajstić information content (AvgIpc) is 2.77. The van der Waals surface area contributed by atoms with Gasteiger partial charge >= 0.3 is 5.97 Å². The summed E-state index contributed by atoms with van der Waals surface area (Å²) in [5, 5.41) is 20.6. The molecule has 0 radical (unpaired) electrons. The van der Waals surface area contributed by atoms with Crippen LogP contribution in [0.2, 0.25) is 5.15 Å². The van der Waals surface area contributed by atoms with Crippen molar-refractivity contribution in [2.45, 2.75) is 6.92 Å². The third kappa shape index (κ3) is 2.39. The Morgan fingerprint density at radius 3 is 2.85 bits per heavy atom. The number of esters is 1. The van der Waals surface area contributed by atoms with Gasteiger partial charge in [-0.15, -0.1) is 10.2 Å². The highest BCUT2D eigenvalue weighted by Crippen LogP contribution is 2.20. The van der Waals surface area contributed by atoms with E-state index in [1.807, 2.05) is 6.07 Å². The van der Waals surface area contributed by atoms with Gasteiger partial charge in [0, 0.05) is 0 Å². The fraction of sp³-hybridized carbons (Fsp3) is 0.182. The maximum Gasteiger partial charge on any atom is 0.360 e. The SMILES string of the molecule is CCOC(=O)c1nn(-c2ccc(Cl)nn2)c(N)c1C#N. The number of carbonyl (C=O) groups is 1. The topological polar surface area (TPSA) is 120 Å². The number of nitriles is 1. The van der Waals surface area contributed by atoms with Crippen molar-refractivity contribution in [1.82, 2.24) is 20.0 Å². The lowest BCUT2D eigenvalue weighted by Gasteiger charge is -2.00. The number of nitrogens with two attached hydrogens (primary N) is 1. The van der Waals surface area contributed by atoms with E-state index < -0.39 is 5.97 Å². The predicted molar refractivity (Wildman–Crippen MR) is 69.2 cm³/mol. The summed E-state index contributed by atoms with van der Waals surface area (Å²) >= 11 is 5.63. The normalized spacial score (nSPS) is 10.1. The monoisotopic (exact) mass is 292 g/mol. The van der Waals surface area contributed by atoms with E-state index >= 15 is 0 Å². The predicted octanol–water partition coefficient (Wildman–Crippen LogP) is 0.946. The molecule has 0 saturated carbocycles. The van der Waals surface area contributed by atoms with E-state index in [-0.39, 0.29) is 34.7 Å². The third-order valence-corrected chi connectivity index (χ3v) is 2.54. The smallest absolute Gasteiger partial charge is 0.360 e. The van der Waals surface area contributed by atoms with Crippen molar-refractivity contribution in [1.29, 1.82) is 5.26 Å². The molecule has 2 heterocycles. The minimum absolute atomic E-state index is 0.0211. The van der Waals surface area contributed by atoms with Gasteiger partial charge in [0.15, 0.2) is 16.7 Å². The Morgan fingerprint density at radius 2 is 2.30 bits per heavy atom. The summed E-state index contributed by atoms with van der Waals surface area (Å²) in [6, 6.07) is 4.82. The molecule has 0 aliphatic carbocycles. The fourth-order valence-electron chi connectivity index (χ4n) is 1.48. The van der Waals surface area contributed by atoms with E-state index in [9.17, 15) is 4.79 Å². The zero-order valence-electron chi connectivity index (χ0n) is 10.4. The highest BCUT2D eigenvalue weighted by atomic mass is 35.5. The van der Waals surface area contributed by atoms with Crippen LogP contribution < -0.4 is 5.73 Å². The zero-order valence-corrected chi connectivity index (χ0v) is 11.1. The minimum Gasteiger partial charge on any atom is -0.461 e. The Hall–Kier alpha value is -2.66. The first-order valence-corrected chi connectivity index (χ1v) is 5.91. The lowest BCUT2D eigenvalue weighted by atomic mass is 10.2. The van der Waals surface area contributed by atoms with Gasteiger partial charge in [-0.25, -0.2) is 4.79 Å². The standard InChI is InChI=1S/C11H9ClN6O2/c1-2-20-11(19)9-6(5-13)10(14)18(17-9)8-4-3-7(12)15-16-8/h3-4H,2,14H2,1H3. The number of nitrogen functional groups attached to an aromatic ring is 1. The molecule has 20 heavy (non-hydrogen) atoms. The Labute approximate surface area is 118 Å². The number of aromatic nitrogens is 4. The molecule has 0 atom stereocenters. The molecule has 0 saturated heterocycles. The van der Waals surface area contributed by atoms with E-state index in [2.05, 4.69) is 15.3 Å². The van der Waals surface area contributed by atoms with E-state index in [0.717, 1.165) is 4.68 Å². The molecule has 2 aromatic rings. The summed E-state index contributed by atoms with van der Waals surface area (Å²) in [5.41, 5.74) is 5.56. The molecule has 2 N–H and O–H groups in total. The Bertz CT molecular complexity index is 688. The van der Waals surface area contributed by atoms with Gasteiger partial charge in [-0.3, -0.25) is 0 Å².